The second-order valence-electron chi connectivity index (χ2n) is 5.99. The van der Waals surface area contributed by atoms with Gasteiger partial charge in [-0.05, 0) is 19.3 Å². The quantitative estimate of drug-likeness (QED) is 0.579. The summed E-state index contributed by atoms with van der Waals surface area (Å²) in [5.74, 6) is 0.666. The Hall–Kier alpha value is -0.120. The highest BCUT2D eigenvalue weighted by Gasteiger charge is 2.29. The Bertz CT molecular complexity index is 197. The zero-order valence-corrected chi connectivity index (χ0v) is 13.2. The first-order valence-electron chi connectivity index (χ1n) is 7.44. The van der Waals surface area contributed by atoms with Crippen LogP contribution in [0.15, 0.2) is 0 Å². The summed E-state index contributed by atoms with van der Waals surface area (Å²) >= 11 is 0. The van der Waals surface area contributed by atoms with Crippen molar-refractivity contribution < 1.29 is 4.74 Å². The van der Waals surface area contributed by atoms with Crippen LogP contribution < -0.4 is 5.73 Å². The molecule has 3 heteroatoms. The Morgan fingerprint density at radius 3 is 2.39 bits per heavy atom. The van der Waals surface area contributed by atoms with Gasteiger partial charge in [0.2, 0.25) is 0 Å². The minimum absolute atomic E-state index is 0.123. The Kier molecular flexibility index (Phi) is 9.70. The van der Waals surface area contributed by atoms with E-state index in [1.54, 1.807) is 7.11 Å². The predicted molar refractivity (Wildman–Crippen MR) is 79.9 cm³/mol. The molecule has 1 unspecified atom stereocenters. The van der Waals surface area contributed by atoms with Crippen LogP contribution in [-0.2, 0) is 4.74 Å². The Morgan fingerprint density at radius 1 is 1.28 bits per heavy atom. The normalized spacial score (nSPS) is 15.3. The van der Waals surface area contributed by atoms with Gasteiger partial charge in [-0.3, -0.25) is 4.90 Å². The largest absolute Gasteiger partial charge is 0.383 e. The lowest BCUT2D eigenvalue weighted by Gasteiger charge is -2.42. The Labute approximate surface area is 114 Å². The third-order valence-corrected chi connectivity index (χ3v) is 3.67. The third kappa shape index (κ3) is 6.72. The predicted octanol–water partition coefficient (Wildman–Crippen LogP) is 2.89. The van der Waals surface area contributed by atoms with Crippen molar-refractivity contribution in [3.05, 3.63) is 0 Å². The van der Waals surface area contributed by atoms with E-state index in [9.17, 15) is 0 Å². The van der Waals surface area contributed by atoms with Gasteiger partial charge >= 0.3 is 0 Å². The first-order chi connectivity index (χ1) is 8.50. The monoisotopic (exact) mass is 258 g/mol. The molecule has 0 aromatic carbocycles. The molecule has 0 rings (SSSR count). The highest BCUT2D eigenvalue weighted by Crippen LogP contribution is 2.22. The van der Waals surface area contributed by atoms with Crippen molar-refractivity contribution in [3.8, 4) is 0 Å². The van der Waals surface area contributed by atoms with Crippen LogP contribution in [-0.4, -0.2) is 43.8 Å². The molecule has 18 heavy (non-hydrogen) atoms. The van der Waals surface area contributed by atoms with E-state index in [0.717, 1.165) is 26.2 Å². The van der Waals surface area contributed by atoms with Crippen molar-refractivity contribution in [2.45, 2.75) is 58.9 Å². The maximum absolute atomic E-state index is 6.06. The second kappa shape index (κ2) is 9.76. The zero-order valence-electron chi connectivity index (χ0n) is 13.2. The van der Waals surface area contributed by atoms with Crippen LogP contribution in [0, 0.1) is 5.92 Å². The average Bonchev–Trinajstić information content (AvgIpc) is 2.34. The average molecular weight is 258 g/mol. The van der Waals surface area contributed by atoms with Gasteiger partial charge in [-0.1, -0.05) is 40.0 Å². The highest BCUT2D eigenvalue weighted by molar-refractivity contribution is 4.87. The molecule has 0 aliphatic heterocycles. The molecule has 1 atom stereocenters. The molecule has 110 valence electrons. The first kappa shape index (κ1) is 17.9. The fourth-order valence-electron chi connectivity index (χ4n) is 2.37. The van der Waals surface area contributed by atoms with Gasteiger partial charge in [0, 0.05) is 32.3 Å². The van der Waals surface area contributed by atoms with Crippen molar-refractivity contribution >= 4 is 0 Å². The topological polar surface area (TPSA) is 38.5 Å². The van der Waals surface area contributed by atoms with E-state index in [4.69, 9.17) is 10.5 Å². The van der Waals surface area contributed by atoms with Gasteiger partial charge in [-0.2, -0.15) is 0 Å². The van der Waals surface area contributed by atoms with Gasteiger partial charge in [0.1, 0.15) is 0 Å². The summed E-state index contributed by atoms with van der Waals surface area (Å²) in [7, 11) is 1.77. The molecule has 2 N–H and O–H groups in total. The third-order valence-electron chi connectivity index (χ3n) is 3.67. The summed E-state index contributed by atoms with van der Waals surface area (Å²) in [6, 6.07) is 0. The van der Waals surface area contributed by atoms with Gasteiger partial charge in [-0.25, -0.2) is 0 Å². The van der Waals surface area contributed by atoms with Crippen LogP contribution in [0.4, 0.5) is 0 Å². The molecule has 0 heterocycles. The number of ether oxygens (including phenoxy) is 1. The SMILES string of the molecule is CCCCCC(C)(CN)N(CCOC)CC(C)C. The van der Waals surface area contributed by atoms with Gasteiger partial charge in [0.25, 0.3) is 0 Å². The van der Waals surface area contributed by atoms with Crippen molar-refractivity contribution in [2.75, 3.05) is 33.4 Å². The minimum atomic E-state index is 0.123. The Morgan fingerprint density at radius 2 is 1.94 bits per heavy atom. The molecule has 0 saturated carbocycles. The number of nitrogens with two attached hydrogens (primary N) is 1. The van der Waals surface area contributed by atoms with Crippen molar-refractivity contribution in [1.82, 2.24) is 4.90 Å². The summed E-state index contributed by atoms with van der Waals surface area (Å²) in [5.41, 5.74) is 6.18. The van der Waals surface area contributed by atoms with Crippen molar-refractivity contribution in [1.29, 1.82) is 0 Å². The molecular weight excluding hydrogens is 224 g/mol. The molecule has 0 aromatic rings. The van der Waals surface area contributed by atoms with Crippen LogP contribution in [0.5, 0.6) is 0 Å². The summed E-state index contributed by atoms with van der Waals surface area (Å²) in [6.07, 6.45) is 5.03. The van der Waals surface area contributed by atoms with E-state index in [2.05, 4.69) is 32.6 Å². The highest BCUT2D eigenvalue weighted by atomic mass is 16.5. The molecule has 0 amide bonds. The van der Waals surface area contributed by atoms with E-state index >= 15 is 0 Å². The van der Waals surface area contributed by atoms with Gasteiger partial charge in [0.15, 0.2) is 0 Å². The van der Waals surface area contributed by atoms with E-state index in [0.29, 0.717) is 5.92 Å². The number of nitrogens with zero attached hydrogens (tertiary/aromatic N) is 1. The number of unbranched alkanes of at least 4 members (excludes halogenated alkanes) is 2. The van der Waals surface area contributed by atoms with Crippen LogP contribution in [0.1, 0.15) is 53.4 Å². The smallest absolute Gasteiger partial charge is 0.0589 e. The molecule has 0 radical (unpaired) electrons. The fourth-order valence-corrected chi connectivity index (χ4v) is 2.37. The van der Waals surface area contributed by atoms with E-state index in [1.165, 1.54) is 25.7 Å². The van der Waals surface area contributed by atoms with E-state index in [1.807, 2.05) is 0 Å². The molecular formula is C15H34N2O. The molecule has 0 spiro atoms. The van der Waals surface area contributed by atoms with Gasteiger partial charge in [-0.15, -0.1) is 0 Å². The molecule has 3 nitrogen and oxygen atoms in total. The summed E-state index contributed by atoms with van der Waals surface area (Å²) in [6.45, 7) is 12.7. The van der Waals surface area contributed by atoms with Gasteiger partial charge < -0.3 is 10.5 Å². The maximum Gasteiger partial charge on any atom is 0.0589 e. The summed E-state index contributed by atoms with van der Waals surface area (Å²) in [5, 5.41) is 0. The zero-order chi connectivity index (χ0) is 14.0. The number of rotatable bonds is 11. The van der Waals surface area contributed by atoms with Crippen LogP contribution in [0.3, 0.4) is 0 Å². The lowest BCUT2D eigenvalue weighted by atomic mass is 9.91. The molecule has 0 aromatic heterocycles. The number of methoxy groups -OCH3 is 1. The molecule has 0 aliphatic carbocycles. The standard InChI is InChI=1S/C15H34N2O/c1-6-7-8-9-15(4,13-16)17(10-11-18-5)12-14(2)3/h14H,6-13,16H2,1-5H3. The molecule has 0 aliphatic rings. The van der Waals surface area contributed by atoms with Crippen molar-refractivity contribution in [3.63, 3.8) is 0 Å². The lowest BCUT2D eigenvalue weighted by molar-refractivity contribution is 0.0536. The summed E-state index contributed by atoms with van der Waals surface area (Å²) in [4.78, 5) is 2.52. The molecule has 0 bridgehead atoms. The van der Waals surface area contributed by atoms with E-state index in [-0.39, 0.29) is 5.54 Å². The molecule has 0 saturated heterocycles. The number of hydrogen-bond donors (Lipinski definition) is 1. The van der Waals surface area contributed by atoms with Crippen molar-refractivity contribution in [2.24, 2.45) is 11.7 Å². The number of hydrogen-bond acceptors (Lipinski definition) is 3. The van der Waals surface area contributed by atoms with Crippen LogP contribution in [0.25, 0.3) is 0 Å². The van der Waals surface area contributed by atoms with Gasteiger partial charge in [0.05, 0.1) is 6.61 Å². The fraction of sp³-hybridized carbons (Fsp3) is 1.00. The maximum atomic E-state index is 6.06. The van der Waals surface area contributed by atoms with Crippen LogP contribution >= 0.6 is 0 Å². The lowest BCUT2D eigenvalue weighted by Crippen LogP contribution is -2.54. The summed E-state index contributed by atoms with van der Waals surface area (Å²) < 4.78 is 5.24. The first-order valence-corrected chi connectivity index (χ1v) is 7.44. The second-order valence-corrected chi connectivity index (χ2v) is 5.99. The minimum Gasteiger partial charge on any atom is -0.383 e. The molecule has 0 fully saturated rings. The van der Waals surface area contributed by atoms with Crippen LogP contribution in [0.2, 0.25) is 0 Å². The van der Waals surface area contributed by atoms with E-state index < -0.39 is 0 Å². The Balaban J connectivity index is 4.53.